The van der Waals surface area contributed by atoms with Crippen molar-refractivity contribution in [2.75, 3.05) is 0 Å². The van der Waals surface area contributed by atoms with Gasteiger partial charge in [0.15, 0.2) is 6.29 Å². The summed E-state index contributed by atoms with van der Waals surface area (Å²) in [6, 6.07) is 0. The average Bonchev–Trinajstić information content (AvgIpc) is 2.57. The van der Waals surface area contributed by atoms with E-state index >= 15 is 0 Å². The Bertz CT molecular complexity index is 555. The van der Waals surface area contributed by atoms with Crippen LogP contribution in [0.3, 0.4) is 0 Å². The molecule has 7 heteroatoms. The Labute approximate surface area is 117 Å². The monoisotopic (exact) mass is 276 g/mol. The molecule has 1 fully saturated rings. The van der Waals surface area contributed by atoms with Crippen molar-refractivity contribution in [1.29, 1.82) is 0 Å². The SMILES string of the molecule is CC1(C)OB(c2c(C=O)cncc2C(N)=O)OC1(C)C. The fourth-order valence-electron chi connectivity index (χ4n) is 2.00. The second kappa shape index (κ2) is 4.68. The summed E-state index contributed by atoms with van der Waals surface area (Å²) in [7, 11) is -0.828. The smallest absolute Gasteiger partial charge is 0.399 e. The average molecular weight is 276 g/mol. The second-order valence-electron chi connectivity index (χ2n) is 5.76. The molecule has 0 radical (unpaired) electrons. The Kier molecular flexibility index (Phi) is 3.43. The van der Waals surface area contributed by atoms with Gasteiger partial charge >= 0.3 is 7.12 Å². The Morgan fingerprint density at radius 1 is 1.25 bits per heavy atom. The highest BCUT2D eigenvalue weighted by atomic mass is 16.7. The molecule has 1 aliphatic rings. The van der Waals surface area contributed by atoms with Gasteiger partial charge in [-0.15, -0.1) is 0 Å². The molecular weight excluding hydrogens is 259 g/mol. The van der Waals surface area contributed by atoms with E-state index < -0.39 is 24.2 Å². The topological polar surface area (TPSA) is 91.5 Å². The van der Waals surface area contributed by atoms with E-state index in [0.717, 1.165) is 0 Å². The predicted molar refractivity (Wildman–Crippen MR) is 73.9 cm³/mol. The molecule has 6 nitrogen and oxygen atoms in total. The number of hydrogen-bond donors (Lipinski definition) is 1. The van der Waals surface area contributed by atoms with Crippen molar-refractivity contribution in [3.63, 3.8) is 0 Å². The molecule has 0 aromatic carbocycles. The number of nitrogens with two attached hydrogens (primary N) is 1. The highest BCUT2D eigenvalue weighted by Gasteiger charge is 2.53. The summed E-state index contributed by atoms with van der Waals surface area (Å²) >= 11 is 0. The van der Waals surface area contributed by atoms with Crippen LogP contribution in [0.25, 0.3) is 0 Å². The third-order valence-corrected chi connectivity index (χ3v) is 3.90. The Morgan fingerprint density at radius 2 is 1.80 bits per heavy atom. The van der Waals surface area contributed by atoms with Gasteiger partial charge in [-0.3, -0.25) is 14.6 Å². The number of pyridine rings is 1. The summed E-state index contributed by atoms with van der Waals surface area (Å²) in [5, 5.41) is 0. The van der Waals surface area contributed by atoms with Gasteiger partial charge < -0.3 is 15.0 Å². The van der Waals surface area contributed by atoms with Crippen LogP contribution in [0.2, 0.25) is 0 Å². The number of hydrogen-bond acceptors (Lipinski definition) is 5. The minimum Gasteiger partial charge on any atom is -0.399 e. The number of amides is 1. The summed E-state index contributed by atoms with van der Waals surface area (Å²) in [5.41, 5.74) is 4.89. The van der Waals surface area contributed by atoms with Gasteiger partial charge in [-0.1, -0.05) is 0 Å². The number of rotatable bonds is 3. The van der Waals surface area contributed by atoms with Crippen LogP contribution in [0, 0.1) is 0 Å². The van der Waals surface area contributed by atoms with Crippen molar-refractivity contribution >= 4 is 24.8 Å². The fraction of sp³-hybridized carbons (Fsp3) is 0.462. The Balaban J connectivity index is 2.54. The van der Waals surface area contributed by atoms with Gasteiger partial charge in [-0.25, -0.2) is 0 Å². The Hall–Kier alpha value is -1.73. The summed E-state index contributed by atoms with van der Waals surface area (Å²) in [5.74, 6) is -0.675. The van der Waals surface area contributed by atoms with Crippen molar-refractivity contribution in [3.8, 4) is 0 Å². The van der Waals surface area contributed by atoms with Crippen LogP contribution < -0.4 is 11.2 Å². The maximum Gasteiger partial charge on any atom is 0.496 e. The lowest BCUT2D eigenvalue weighted by molar-refractivity contribution is 0.00578. The minimum atomic E-state index is -0.828. The summed E-state index contributed by atoms with van der Waals surface area (Å²) < 4.78 is 11.7. The second-order valence-corrected chi connectivity index (χ2v) is 5.76. The highest BCUT2D eigenvalue weighted by Crippen LogP contribution is 2.36. The van der Waals surface area contributed by atoms with Crippen LogP contribution in [-0.2, 0) is 9.31 Å². The van der Waals surface area contributed by atoms with E-state index in [1.54, 1.807) is 0 Å². The van der Waals surface area contributed by atoms with Crippen LogP contribution in [0.15, 0.2) is 12.4 Å². The number of aldehydes is 1. The van der Waals surface area contributed by atoms with Gasteiger partial charge in [0.25, 0.3) is 0 Å². The number of aromatic nitrogens is 1. The van der Waals surface area contributed by atoms with Gasteiger partial charge in [-0.2, -0.15) is 0 Å². The summed E-state index contributed by atoms with van der Waals surface area (Å²) in [4.78, 5) is 26.5. The van der Waals surface area contributed by atoms with Crippen LogP contribution >= 0.6 is 0 Å². The molecule has 2 N–H and O–H groups in total. The van der Waals surface area contributed by atoms with E-state index in [2.05, 4.69) is 4.98 Å². The largest absolute Gasteiger partial charge is 0.496 e. The molecule has 0 spiro atoms. The van der Waals surface area contributed by atoms with Gasteiger partial charge in [0.05, 0.1) is 16.8 Å². The number of carbonyl (C=O) groups excluding carboxylic acids is 2. The minimum absolute atomic E-state index is 0.133. The molecule has 2 rings (SSSR count). The molecule has 1 aliphatic heterocycles. The Morgan fingerprint density at radius 3 is 2.25 bits per heavy atom. The van der Waals surface area contributed by atoms with Gasteiger partial charge in [-0.05, 0) is 27.7 Å². The van der Waals surface area contributed by atoms with E-state index in [1.165, 1.54) is 12.4 Å². The normalized spacial score (nSPS) is 19.9. The molecule has 1 amide bonds. The third-order valence-electron chi connectivity index (χ3n) is 3.90. The van der Waals surface area contributed by atoms with E-state index in [-0.39, 0.29) is 11.1 Å². The molecule has 0 aliphatic carbocycles. The first-order valence-electron chi connectivity index (χ1n) is 6.28. The standard InChI is InChI=1S/C13H17BN2O4/c1-12(2)13(3,4)20-14(19-12)10-8(7-17)5-16-6-9(10)11(15)18/h5-7H,1-4H3,(H2,15,18). The molecule has 2 heterocycles. The first kappa shape index (κ1) is 14.7. The number of nitrogens with zero attached hydrogens (tertiary/aromatic N) is 1. The van der Waals surface area contributed by atoms with Crippen molar-refractivity contribution in [2.45, 2.75) is 38.9 Å². The molecule has 0 unspecified atom stereocenters. The molecular formula is C13H17BN2O4. The zero-order chi connectivity index (χ0) is 15.1. The van der Waals surface area contributed by atoms with Gasteiger partial charge in [0.1, 0.15) is 0 Å². The summed E-state index contributed by atoms with van der Waals surface area (Å²) in [6.07, 6.45) is 3.29. The molecule has 106 valence electrons. The molecule has 0 atom stereocenters. The molecule has 1 saturated heterocycles. The van der Waals surface area contributed by atoms with Gasteiger partial charge in [0.2, 0.25) is 5.91 Å². The lowest BCUT2D eigenvalue weighted by Crippen LogP contribution is -2.41. The molecule has 0 saturated carbocycles. The van der Waals surface area contributed by atoms with Crippen LogP contribution in [-0.4, -0.2) is 35.5 Å². The van der Waals surface area contributed by atoms with Crippen molar-refractivity contribution < 1.29 is 18.9 Å². The van der Waals surface area contributed by atoms with Crippen LogP contribution in [0.5, 0.6) is 0 Å². The predicted octanol–water partition coefficient (Wildman–Crippen LogP) is 0.292. The van der Waals surface area contributed by atoms with Crippen molar-refractivity contribution in [3.05, 3.63) is 23.5 Å². The highest BCUT2D eigenvalue weighted by molar-refractivity contribution is 6.65. The molecule has 0 bridgehead atoms. The van der Waals surface area contributed by atoms with Gasteiger partial charge in [0, 0.05) is 23.4 Å². The maximum absolute atomic E-state index is 11.5. The summed E-state index contributed by atoms with van der Waals surface area (Å²) in [6.45, 7) is 7.55. The lowest BCUT2D eigenvalue weighted by atomic mass is 9.74. The van der Waals surface area contributed by atoms with Crippen LogP contribution in [0.1, 0.15) is 48.4 Å². The van der Waals surface area contributed by atoms with E-state index in [4.69, 9.17) is 15.0 Å². The zero-order valence-corrected chi connectivity index (χ0v) is 12.0. The fourth-order valence-corrected chi connectivity index (χ4v) is 2.00. The zero-order valence-electron chi connectivity index (χ0n) is 12.0. The van der Waals surface area contributed by atoms with E-state index in [9.17, 15) is 9.59 Å². The van der Waals surface area contributed by atoms with E-state index in [1.807, 2.05) is 27.7 Å². The molecule has 1 aromatic rings. The van der Waals surface area contributed by atoms with Crippen LogP contribution in [0.4, 0.5) is 0 Å². The third kappa shape index (κ3) is 2.23. The lowest BCUT2D eigenvalue weighted by Gasteiger charge is -2.32. The van der Waals surface area contributed by atoms with Crippen molar-refractivity contribution in [1.82, 2.24) is 4.98 Å². The first-order valence-corrected chi connectivity index (χ1v) is 6.28. The molecule has 1 aromatic heterocycles. The first-order chi connectivity index (χ1) is 9.19. The quantitative estimate of drug-likeness (QED) is 0.633. The molecule has 20 heavy (non-hydrogen) atoms. The number of primary amides is 1. The van der Waals surface area contributed by atoms with E-state index in [0.29, 0.717) is 11.7 Å². The number of carbonyl (C=O) groups is 2. The van der Waals surface area contributed by atoms with Crippen molar-refractivity contribution in [2.24, 2.45) is 5.73 Å². The maximum atomic E-state index is 11.5.